The van der Waals surface area contributed by atoms with E-state index in [-0.39, 0.29) is 6.03 Å². The summed E-state index contributed by atoms with van der Waals surface area (Å²) in [5.74, 6) is 0.902. The minimum absolute atomic E-state index is 0.118. The molecule has 0 aromatic carbocycles. The quantitative estimate of drug-likeness (QED) is 0.896. The SMILES string of the molecule is Cc1cc(CN2CCN(C(=O)N[C@@H]3CCN4CCCC[C@H]34)CC2)on1. The van der Waals surface area contributed by atoms with Gasteiger partial charge in [-0.05, 0) is 32.7 Å². The van der Waals surface area contributed by atoms with Crippen LogP contribution in [0.5, 0.6) is 0 Å². The van der Waals surface area contributed by atoms with Crippen LogP contribution in [-0.4, -0.2) is 77.2 Å². The number of rotatable bonds is 3. The van der Waals surface area contributed by atoms with Gasteiger partial charge in [-0.1, -0.05) is 11.6 Å². The number of urea groups is 1. The Morgan fingerprint density at radius 1 is 1.20 bits per heavy atom. The summed E-state index contributed by atoms with van der Waals surface area (Å²) in [6.07, 6.45) is 4.94. The molecule has 0 unspecified atom stereocenters. The third kappa shape index (κ3) is 3.82. The maximum absolute atomic E-state index is 12.6. The van der Waals surface area contributed by atoms with Gasteiger partial charge in [-0.2, -0.15) is 0 Å². The lowest BCUT2D eigenvalue weighted by Gasteiger charge is -2.36. The molecule has 0 radical (unpaired) electrons. The van der Waals surface area contributed by atoms with Crippen molar-refractivity contribution in [2.45, 2.75) is 51.2 Å². The van der Waals surface area contributed by atoms with Gasteiger partial charge in [0, 0.05) is 50.9 Å². The molecule has 3 fully saturated rings. The topological polar surface area (TPSA) is 64.8 Å². The van der Waals surface area contributed by atoms with Crippen LogP contribution in [0.2, 0.25) is 0 Å². The van der Waals surface area contributed by atoms with E-state index in [1.54, 1.807) is 0 Å². The predicted octanol–water partition coefficient (Wildman–Crippen LogP) is 1.44. The van der Waals surface area contributed by atoms with E-state index in [2.05, 4.69) is 20.3 Å². The Morgan fingerprint density at radius 2 is 2.04 bits per heavy atom. The second-order valence-electron chi connectivity index (χ2n) is 7.64. The van der Waals surface area contributed by atoms with Crippen molar-refractivity contribution in [1.82, 2.24) is 25.2 Å². The summed E-state index contributed by atoms with van der Waals surface area (Å²) in [7, 11) is 0. The molecule has 3 saturated heterocycles. The first kappa shape index (κ1) is 16.8. The highest BCUT2D eigenvalue weighted by atomic mass is 16.5. The fraction of sp³-hybridized carbons (Fsp3) is 0.778. The molecule has 3 aliphatic rings. The van der Waals surface area contributed by atoms with Gasteiger partial charge in [0.1, 0.15) is 0 Å². The molecule has 2 amide bonds. The molecule has 0 spiro atoms. The fourth-order valence-corrected chi connectivity index (χ4v) is 4.49. The molecule has 1 aromatic rings. The molecule has 2 atom stereocenters. The van der Waals surface area contributed by atoms with Crippen LogP contribution in [0.4, 0.5) is 4.79 Å². The van der Waals surface area contributed by atoms with Crippen LogP contribution in [0.3, 0.4) is 0 Å². The van der Waals surface area contributed by atoms with Gasteiger partial charge in [0.05, 0.1) is 12.2 Å². The first-order valence-electron chi connectivity index (χ1n) is 9.63. The Kier molecular flexibility index (Phi) is 4.94. The number of piperazine rings is 1. The van der Waals surface area contributed by atoms with Crippen molar-refractivity contribution in [3.63, 3.8) is 0 Å². The molecule has 3 aliphatic heterocycles. The minimum atomic E-state index is 0.118. The van der Waals surface area contributed by atoms with E-state index >= 15 is 0 Å². The number of amides is 2. The van der Waals surface area contributed by atoms with Crippen LogP contribution >= 0.6 is 0 Å². The summed E-state index contributed by atoms with van der Waals surface area (Å²) in [5.41, 5.74) is 0.918. The van der Waals surface area contributed by atoms with Gasteiger partial charge < -0.3 is 14.7 Å². The monoisotopic (exact) mass is 347 g/mol. The Labute approximate surface area is 149 Å². The molecule has 0 saturated carbocycles. The van der Waals surface area contributed by atoms with Crippen LogP contribution in [0, 0.1) is 6.92 Å². The number of nitrogens with one attached hydrogen (secondary N) is 1. The van der Waals surface area contributed by atoms with Crippen molar-refractivity contribution in [1.29, 1.82) is 0 Å². The predicted molar refractivity (Wildman–Crippen MR) is 94.2 cm³/mol. The molecule has 4 rings (SSSR count). The second-order valence-corrected chi connectivity index (χ2v) is 7.64. The van der Waals surface area contributed by atoms with Gasteiger partial charge in [-0.25, -0.2) is 4.79 Å². The highest BCUT2D eigenvalue weighted by Gasteiger charge is 2.37. The van der Waals surface area contributed by atoms with Crippen LogP contribution in [0.25, 0.3) is 0 Å². The zero-order valence-corrected chi connectivity index (χ0v) is 15.1. The smallest absolute Gasteiger partial charge is 0.317 e. The molecule has 25 heavy (non-hydrogen) atoms. The number of aryl methyl sites for hydroxylation is 1. The summed E-state index contributed by atoms with van der Waals surface area (Å²) in [4.78, 5) is 19.5. The molecule has 4 heterocycles. The Balaban J connectivity index is 1.24. The maximum Gasteiger partial charge on any atom is 0.317 e. The zero-order chi connectivity index (χ0) is 17.2. The van der Waals surface area contributed by atoms with Gasteiger partial charge in [0.2, 0.25) is 0 Å². The van der Waals surface area contributed by atoms with Gasteiger partial charge in [-0.3, -0.25) is 9.80 Å². The van der Waals surface area contributed by atoms with Crippen molar-refractivity contribution >= 4 is 6.03 Å². The fourth-order valence-electron chi connectivity index (χ4n) is 4.49. The zero-order valence-electron chi connectivity index (χ0n) is 15.1. The van der Waals surface area contributed by atoms with Crippen LogP contribution in [0.15, 0.2) is 10.6 Å². The summed E-state index contributed by atoms with van der Waals surface area (Å²) < 4.78 is 5.29. The maximum atomic E-state index is 12.6. The molecule has 138 valence electrons. The molecule has 0 aliphatic carbocycles. The second kappa shape index (κ2) is 7.33. The molecule has 7 heteroatoms. The van der Waals surface area contributed by atoms with E-state index in [4.69, 9.17) is 4.52 Å². The van der Waals surface area contributed by atoms with Gasteiger partial charge in [0.15, 0.2) is 5.76 Å². The first-order valence-corrected chi connectivity index (χ1v) is 9.63. The van der Waals surface area contributed by atoms with Crippen molar-refractivity contribution in [2.24, 2.45) is 0 Å². The number of nitrogens with zero attached hydrogens (tertiary/aromatic N) is 4. The molecule has 7 nitrogen and oxygen atoms in total. The lowest BCUT2D eigenvalue weighted by molar-refractivity contribution is 0.122. The van der Waals surface area contributed by atoms with Crippen molar-refractivity contribution in [3.05, 3.63) is 17.5 Å². The summed E-state index contributed by atoms with van der Waals surface area (Å²) in [5, 5.41) is 7.25. The lowest BCUT2D eigenvalue weighted by Crippen LogP contribution is -2.55. The van der Waals surface area contributed by atoms with Crippen molar-refractivity contribution in [2.75, 3.05) is 39.3 Å². The molecule has 0 bridgehead atoms. The van der Waals surface area contributed by atoms with E-state index in [0.717, 1.165) is 57.1 Å². The summed E-state index contributed by atoms with van der Waals surface area (Å²) >= 11 is 0. The molecular weight excluding hydrogens is 318 g/mol. The van der Waals surface area contributed by atoms with Crippen molar-refractivity contribution in [3.8, 4) is 0 Å². The minimum Gasteiger partial charge on any atom is -0.360 e. The number of piperidine rings is 1. The highest BCUT2D eigenvalue weighted by molar-refractivity contribution is 5.74. The third-order valence-electron chi connectivity index (χ3n) is 5.88. The normalized spacial score (nSPS) is 28.1. The molecule has 1 N–H and O–H groups in total. The molecule has 1 aromatic heterocycles. The Hall–Kier alpha value is -1.60. The number of aromatic nitrogens is 1. The van der Waals surface area contributed by atoms with E-state index in [1.165, 1.54) is 25.8 Å². The number of carbonyl (C=O) groups is 1. The van der Waals surface area contributed by atoms with E-state index in [9.17, 15) is 4.79 Å². The van der Waals surface area contributed by atoms with Crippen LogP contribution in [-0.2, 0) is 6.54 Å². The molecular formula is C18H29N5O2. The number of hydrogen-bond donors (Lipinski definition) is 1. The van der Waals surface area contributed by atoms with Gasteiger partial charge in [0.25, 0.3) is 0 Å². The van der Waals surface area contributed by atoms with Gasteiger partial charge in [-0.15, -0.1) is 0 Å². The van der Waals surface area contributed by atoms with Crippen molar-refractivity contribution < 1.29 is 9.32 Å². The van der Waals surface area contributed by atoms with Crippen LogP contribution in [0.1, 0.15) is 37.1 Å². The largest absolute Gasteiger partial charge is 0.360 e. The first-order chi connectivity index (χ1) is 12.2. The average Bonchev–Trinajstić information content (AvgIpc) is 3.22. The standard InChI is InChI=1S/C18H29N5O2/c1-14-12-15(25-20-14)13-21-8-10-23(11-9-21)18(24)19-16-5-7-22-6-3-2-4-17(16)22/h12,16-17H,2-11,13H2,1H3,(H,19,24)/t16-,17-/m1/s1. The summed E-state index contributed by atoms with van der Waals surface area (Å²) in [6, 6.07) is 3.00. The van der Waals surface area contributed by atoms with E-state index < -0.39 is 0 Å². The van der Waals surface area contributed by atoms with Crippen LogP contribution < -0.4 is 5.32 Å². The Morgan fingerprint density at radius 3 is 2.80 bits per heavy atom. The average molecular weight is 347 g/mol. The lowest BCUT2D eigenvalue weighted by atomic mass is 9.99. The van der Waals surface area contributed by atoms with E-state index in [0.29, 0.717) is 12.1 Å². The third-order valence-corrected chi connectivity index (χ3v) is 5.88. The van der Waals surface area contributed by atoms with Gasteiger partial charge >= 0.3 is 6.03 Å². The number of hydrogen-bond acceptors (Lipinski definition) is 5. The van der Waals surface area contributed by atoms with E-state index in [1.807, 2.05) is 17.9 Å². The number of carbonyl (C=O) groups excluding carboxylic acids is 1. The number of fused-ring (bicyclic) bond motifs is 1. The summed E-state index contributed by atoms with van der Waals surface area (Å²) in [6.45, 7) is 8.37. The highest BCUT2D eigenvalue weighted by Crippen LogP contribution is 2.27. The Bertz CT molecular complexity index is 596.